The van der Waals surface area contributed by atoms with Gasteiger partial charge >= 0.3 is 12.0 Å². The topological polar surface area (TPSA) is 78.4 Å². The van der Waals surface area contributed by atoms with Crippen LogP contribution in [0.25, 0.3) is 0 Å². The third-order valence-electron chi connectivity index (χ3n) is 5.47. The van der Waals surface area contributed by atoms with Crippen molar-refractivity contribution in [1.29, 1.82) is 0 Å². The number of nitrogens with one attached hydrogen (secondary N) is 2. The Morgan fingerprint density at radius 2 is 1.95 bits per heavy atom. The molecule has 0 saturated heterocycles. The standard InChI is InChI=1S/C15H26N2O3/c1-10(2)15(7-8-15)9-16-13(20)17-11-5-4-6-14(11,3)12(18)19/h10-11H,4-9H2,1-3H3,(H,18,19)(H2,16,17,20). The van der Waals surface area contributed by atoms with Crippen LogP contribution in [-0.2, 0) is 4.79 Å². The van der Waals surface area contributed by atoms with E-state index in [1.807, 2.05) is 0 Å². The summed E-state index contributed by atoms with van der Waals surface area (Å²) in [6, 6.07) is -0.495. The normalized spacial score (nSPS) is 31.1. The molecule has 2 unspecified atom stereocenters. The van der Waals surface area contributed by atoms with Gasteiger partial charge in [-0.05, 0) is 43.9 Å². The van der Waals surface area contributed by atoms with Gasteiger partial charge in [-0.1, -0.05) is 20.3 Å². The lowest BCUT2D eigenvalue weighted by Crippen LogP contribution is -2.51. The molecule has 2 aliphatic rings. The van der Waals surface area contributed by atoms with Crippen LogP contribution in [0, 0.1) is 16.7 Å². The maximum Gasteiger partial charge on any atom is 0.315 e. The minimum Gasteiger partial charge on any atom is -0.481 e. The molecule has 114 valence electrons. The van der Waals surface area contributed by atoms with Crippen molar-refractivity contribution in [2.24, 2.45) is 16.7 Å². The molecule has 2 saturated carbocycles. The first-order valence-electron chi connectivity index (χ1n) is 7.58. The Balaban J connectivity index is 1.84. The molecule has 0 spiro atoms. The predicted octanol–water partition coefficient (Wildman–Crippen LogP) is 2.37. The van der Waals surface area contributed by atoms with Gasteiger partial charge in [0.2, 0.25) is 0 Å². The highest BCUT2D eigenvalue weighted by Gasteiger charge is 2.47. The lowest BCUT2D eigenvalue weighted by atomic mass is 9.85. The molecule has 0 aliphatic heterocycles. The second-order valence-corrected chi connectivity index (χ2v) is 7.01. The summed E-state index contributed by atoms with van der Waals surface area (Å²) in [5.74, 6) is -0.250. The molecule has 0 aromatic rings. The molecular weight excluding hydrogens is 256 g/mol. The number of hydrogen-bond donors (Lipinski definition) is 3. The molecule has 5 heteroatoms. The van der Waals surface area contributed by atoms with Gasteiger partial charge in [0, 0.05) is 12.6 Å². The number of carboxylic acid groups (broad SMARTS) is 1. The fourth-order valence-electron chi connectivity index (χ4n) is 3.24. The van der Waals surface area contributed by atoms with Crippen LogP contribution in [0.3, 0.4) is 0 Å². The van der Waals surface area contributed by atoms with Crippen molar-refractivity contribution in [2.75, 3.05) is 6.54 Å². The van der Waals surface area contributed by atoms with Crippen molar-refractivity contribution < 1.29 is 14.7 Å². The number of carboxylic acids is 1. The van der Waals surface area contributed by atoms with Crippen LogP contribution >= 0.6 is 0 Å². The number of aliphatic carboxylic acids is 1. The number of urea groups is 1. The number of amides is 2. The Morgan fingerprint density at radius 1 is 1.30 bits per heavy atom. The Bertz CT molecular complexity index is 404. The molecule has 2 amide bonds. The summed E-state index contributed by atoms with van der Waals surface area (Å²) in [4.78, 5) is 23.4. The Kier molecular flexibility index (Phi) is 3.98. The molecule has 0 aromatic carbocycles. The minimum atomic E-state index is -0.827. The van der Waals surface area contributed by atoms with Crippen LogP contribution in [0.2, 0.25) is 0 Å². The number of hydrogen-bond acceptors (Lipinski definition) is 2. The molecule has 2 atom stereocenters. The lowest BCUT2D eigenvalue weighted by Gasteiger charge is -2.28. The van der Waals surface area contributed by atoms with Crippen LogP contribution in [-0.4, -0.2) is 29.7 Å². The molecule has 5 nitrogen and oxygen atoms in total. The molecule has 0 heterocycles. The second-order valence-electron chi connectivity index (χ2n) is 7.01. The highest BCUT2D eigenvalue weighted by molar-refractivity contribution is 5.79. The monoisotopic (exact) mass is 282 g/mol. The van der Waals surface area contributed by atoms with E-state index in [9.17, 15) is 14.7 Å². The van der Waals surface area contributed by atoms with Gasteiger partial charge in [0.15, 0.2) is 0 Å². The van der Waals surface area contributed by atoms with Crippen LogP contribution in [0.1, 0.15) is 52.9 Å². The van der Waals surface area contributed by atoms with E-state index < -0.39 is 11.4 Å². The maximum atomic E-state index is 12.0. The van der Waals surface area contributed by atoms with Crippen molar-refractivity contribution in [3.8, 4) is 0 Å². The van der Waals surface area contributed by atoms with Crippen LogP contribution < -0.4 is 10.6 Å². The number of carbonyl (C=O) groups excluding carboxylic acids is 1. The number of rotatable bonds is 5. The van der Waals surface area contributed by atoms with Crippen LogP contribution in [0.15, 0.2) is 0 Å². The van der Waals surface area contributed by atoms with Crippen LogP contribution in [0.5, 0.6) is 0 Å². The third kappa shape index (κ3) is 2.76. The summed E-state index contributed by atoms with van der Waals surface area (Å²) in [6.45, 7) is 6.78. The van der Waals surface area contributed by atoms with E-state index in [-0.39, 0.29) is 17.5 Å². The van der Waals surface area contributed by atoms with E-state index in [2.05, 4.69) is 24.5 Å². The van der Waals surface area contributed by atoms with Crippen LogP contribution in [0.4, 0.5) is 4.79 Å². The van der Waals surface area contributed by atoms with Gasteiger partial charge in [-0.15, -0.1) is 0 Å². The predicted molar refractivity (Wildman–Crippen MR) is 76.4 cm³/mol. The van der Waals surface area contributed by atoms with Gasteiger partial charge in [-0.2, -0.15) is 0 Å². The molecule has 20 heavy (non-hydrogen) atoms. The molecule has 0 radical (unpaired) electrons. The van der Waals surface area contributed by atoms with Gasteiger partial charge in [0.25, 0.3) is 0 Å². The largest absolute Gasteiger partial charge is 0.481 e. The van der Waals surface area contributed by atoms with Crippen molar-refractivity contribution >= 4 is 12.0 Å². The average Bonchev–Trinajstić information content (AvgIpc) is 3.08. The fraction of sp³-hybridized carbons (Fsp3) is 0.867. The molecule has 0 bridgehead atoms. The van der Waals surface area contributed by atoms with E-state index in [0.717, 1.165) is 12.8 Å². The van der Waals surface area contributed by atoms with Gasteiger partial charge < -0.3 is 15.7 Å². The molecule has 0 aromatic heterocycles. The zero-order valence-electron chi connectivity index (χ0n) is 12.7. The SMILES string of the molecule is CC(C)C1(CNC(=O)NC2CCCC2(C)C(=O)O)CC1. The number of carbonyl (C=O) groups is 2. The Labute approximate surface area is 120 Å². The smallest absolute Gasteiger partial charge is 0.315 e. The van der Waals surface area contributed by atoms with E-state index in [0.29, 0.717) is 18.9 Å². The zero-order chi connectivity index (χ0) is 15.0. The van der Waals surface area contributed by atoms with Gasteiger partial charge in [-0.3, -0.25) is 4.79 Å². The highest BCUT2D eigenvalue weighted by Crippen LogP contribution is 2.51. The van der Waals surface area contributed by atoms with E-state index in [1.54, 1.807) is 6.92 Å². The quantitative estimate of drug-likeness (QED) is 0.724. The van der Waals surface area contributed by atoms with E-state index in [4.69, 9.17) is 0 Å². The van der Waals surface area contributed by atoms with Crippen molar-refractivity contribution in [3.05, 3.63) is 0 Å². The molecule has 2 fully saturated rings. The molecule has 2 aliphatic carbocycles. The first-order valence-corrected chi connectivity index (χ1v) is 7.58. The molecular formula is C15H26N2O3. The zero-order valence-corrected chi connectivity index (χ0v) is 12.7. The molecule has 3 N–H and O–H groups in total. The van der Waals surface area contributed by atoms with Gasteiger partial charge in [0.05, 0.1) is 5.41 Å². The summed E-state index contributed by atoms with van der Waals surface area (Å²) in [5.41, 5.74) is -0.560. The first-order chi connectivity index (χ1) is 9.30. The summed E-state index contributed by atoms with van der Waals surface area (Å²) in [6.07, 6.45) is 4.56. The van der Waals surface area contributed by atoms with Crippen molar-refractivity contribution in [1.82, 2.24) is 10.6 Å². The fourth-order valence-corrected chi connectivity index (χ4v) is 3.24. The van der Waals surface area contributed by atoms with Crippen molar-refractivity contribution in [2.45, 2.75) is 58.9 Å². The Hall–Kier alpha value is -1.26. The first kappa shape index (κ1) is 15.1. The molecule has 2 rings (SSSR count). The van der Waals surface area contributed by atoms with Crippen molar-refractivity contribution in [3.63, 3.8) is 0 Å². The van der Waals surface area contributed by atoms with E-state index >= 15 is 0 Å². The lowest BCUT2D eigenvalue weighted by molar-refractivity contribution is -0.148. The van der Waals surface area contributed by atoms with Gasteiger partial charge in [-0.25, -0.2) is 4.79 Å². The summed E-state index contributed by atoms with van der Waals surface area (Å²) >= 11 is 0. The van der Waals surface area contributed by atoms with E-state index in [1.165, 1.54) is 12.8 Å². The summed E-state index contributed by atoms with van der Waals surface area (Å²) in [5, 5.41) is 15.1. The maximum absolute atomic E-state index is 12.0. The Morgan fingerprint density at radius 3 is 2.45 bits per heavy atom. The third-order valence-corrected chi connectivity index (χ3v) is 5.47. The highest BCUT2D eigenvalue weighted by atomic mass is 16.4. The second kappa shape index (κ2) is 5.26. The minimum absolute atomic E-state index is 0.226. The average molecular weight is 282 g/mol. The summed E-state index contributed by atoms with van der Waals surface area (Å²) < 4.78 is 0. The van der Waals surface area contributed by atoms with Gasteiger partial charge in [0.1, 0.15) is 0 Å². The summed E-state index contributed by atoms with van der Waals surface area (Å²) in [7, 11) is 0.